The molecule has 0 aliphatic heterocycles. The molecule has 0 amide bonds. The molecule has 0 aliphatic rings. The van der Waals surface area contributed by atoms with Crippen LogP contribution in [0.25, 0.3) is 0 Å². The van der Waals surface area contributed by atoms with Crippen LogP contribution in [0, 0.1) is 5.92 Å². The second-order valence-electron chi connectivity index (χ2n) is 4.79. The van der Waals surface area contributed by atoms with Crippen molar-refractivity contribution >= 4 is 0 Å². The predicted octanol–water partition coefficient (Wildman–Crippen LogP) is 3.56. The van der Waals surface area contributed by atoms with E-state index in [-0.39, 0.29) is 0 Å². The zero-order chi connectivity index (χ0) is 12.0. The lowest BCUT2D eigenvalue weighted by Crippen LogP contribution is -2.30. The first-order chi connectivity index (χ1) is 7.63. The Hall–Kier alpha value is -0.890. The van der Waals surface area contributed by atoms with Crippen LogP contribution in [0.2, 0.25) is 0 Å². The summed E-state index contributed by atoms with van der Waals surface area (Å²) in [5.74, 6) is 0.790. The lowest BCUT2D eigenvalue weighted by atomic mass is 9.99. The summed E-state index contributed by atoms with van der Waals surface area (Å²) in [6.45, 7) is 8.99. The molecule has 3 atom stereocenters. The minimum Gasteiger partial charge on any atom is -0.306 e. The number of hydrogen-bond donors (Lipinski definition) is 1. The van der Waals surface area contributed by atoms with Crippen molar-refractivity contribution in [3.8, 4) is 0 Å². The number of pyridine rings is 1. The summed E-state index contributed by atoms with van der Waals surface area (Å²) in [6.07, 6.45) is 4.34. The van der Waals surface area contributed by atoms with Crippen LogP contribution in [-0.2, 0) is 0 Å². The van der Waals surface area contributed by atoms with E-state index in [9.17, 15) is 0 Å². The summed E-state index contributed by atoms with van der Waals surface area (Å²) in [5.41, 5.74) is 1.12. The lowest BCUT2D eigenvalue weighted by Gasteiger charge is -2.22. The average Bonchev–Trinajstić information content (AvgIpc) is 2.29. The van der Waals surface area contributed by atoms with Crippen molar-refractivity contribution in [1.29, 1.82) is 0 Å². The summed E-state index contributed by atoms with van der Waals surface area (Å²) in [4.78, 5) is 4.37. The summed E-state index contributed by atoms with van der Waals surface area (Å²) in [6, 6.07) is 6.96. The van der Waals surface area contributed by atoms with Gasteiger partial charge in [0.2, 0.25) is 0 Å². The van der Waals surface area contributed by atoms with E-state index >= 15 is 0 Å². The number of nitrogens with one attached hydrogen (secondary N) is 1. The van der Waals surface area contributed by atoms with Gasteiger partial charge in [-0.15, -0.1) is 0 Å². The molecule has 1 rings (SSSR count). The first-order valence-corrected chi connectivity index (χ1v) is 6.30. The van der Waals surface area contributed by atoms with E-state index in [4.69, 9.17) is 0 Å². The molecule has 0 saturated heterocycles. The quantitative estimate of drug-likeness (QED) is 0.793. The number of rotatable bonds is 6. The van der Waals surface area contributed by atoms with Crippen molar-refractivity contribution in [2.45, 2.75) is 52.6 Å². The third-order valence-corrected chi connectivity index (χ3v) is 3.12. The Morgan fingerprint density at radius 2 is 2.00 bits per heavy atom. The van der Waals surface area contributed by atoms with Gasteiger partial charge in [-0.2, -0.15) is 0 Å². The van der Waals surface area contributed by atoms with Gasteiger partial charge < -0.3 is 5.32 Å². The highest BCUT2D eigenvalue weighted by Gasteiger charge is 2.12. The standard InChI is InChI=1S/C14H24N2/c1-5-11(2)10-12(3)16-13(4)14-8-6-7-9-15-14/h6-9,11-13,16H,5,10H2,1-4H3. The lowest BCUT2D eigenvalue weighted by molar-refractivity contribution is 0.382. The Balaban J connectivity index is 2.42. The van der Waals surface area contributed by atoms with E-state index in [2.05, 4.69) is 44.1 Å². The fourth-order valence-corrected chi connectivity index (χ4v) is 1.98. The Kier molecular flexibility index (Phi) is 5.47. The van der Waals surface area contributed by atoms with Gasteiger partial charge in [-0.25, -0.2) is 0 Å². The molecule has 1 heterocycles. The SMILES string of the molecule is CCC(C)CC(C)NC(C)c1ccccn1. The predicted molar refractivity (Wildman–Crippen MR) is 69.3 cm³/mol. The van der Waals surface area contributed by atoms with Gasteiger partial charge in [-0.3, -0.25) is 4.98 Å². The maximum Gasteiger partial charge on any atom is 0.0570 e. The fraction of sp³-hybridized carbons (Fsp3) is 0.643. The second-order valence-corrected chi connectivity index (χ2v) is 4.79. The van der Waals surface area contributed by atoms with Crippen LogP contribution in [-0.4, -0.2) is 11.0 Å². The van der Waals surface area contributed by atoms with E-state index in [1.54, 1.807) is 0 Å². The molecule has 0 fully saturated rings. The van der Waals surface area contributed by atoms with Crippen LogP contribution >= 0.6 is 0 Å². The topological polar surface area (TPSA) is 24.9 Å². The van der Waals surface area contributed by atoms with Crippen molar-refractivity contribution < 1.29 is 0 Å². The van der Waals surface area contributed by atoms with E-state index in [0.717, 1.165) is 11.6 Å². The van der Waals surface area contributed by atoms with Crippen LogP contribution in [0.3, 0.4) is 0 Å². The van der Waals surface area contributed by atoms with Gasteiger partial charge in [0.1, 0.15) is 0 Å². The fourth-order valence-electron chi connectivity index (χ4n) is 1.98. The van der Waals surface area contributed by atoms with E-state index in [1.165, 1.54) is 12.8 Å². The molecule has 0 radical (unpaired) electrons. The van der Waals surface area contributed by atoms with Gasteiger partial charge in [0.05, 0.1) is 5.69 Å². The third kappa shape index (κ3) is 4.31. The van der Waals surface area contributed by atoms with Crippen LogP contribution in [0.1, 0.15) is 52.3 Å². The van der Waals surface area contributed by atoms with Crippen molar-refractivity contribution in [2.75, 3.05) is 0 Å². The monoisotopic (exact) mass is 220 g/mol. The molecular formula is C14H24N2. The molecule has 0 saturated carbocycles. The van der Waals surface area contributed by atoms with Crippen LogP contribution < -0.4 is 5.32 Å². The maximum absolute atomic E-state index is 4.37. The highest BCUT2D eigenvalue weighted by atomic mass is 15.0. The second kappa shape index (κ2) is 6.64. The van der Waals surface area contributed by atoms with E-state index in [1.807, 2.05) is 18.3 Å². The molecule has 0 bridgehead atoms. The van der Waals surface area contributed by atoms with Crippen molar-refractivity contribution in [1.82, 2.24) is 10.3 Å². The molecular weight excluding hydrogens is 196 g/mol. The molecule has 1 aromatic heterocycles. The highest BCUT2D eigenvalue weighted by molar-refractivity contribution is 5.07. The molecule has 2 heteroatoms. The third-order valence-electron chi connectivity index (χ3n) is 3.12. The van der Waals surface area contributed by atoms with Gasteiger partial charge in [-0.05, 0) is 38.3 Å². The van der Waals surface area contributed by atoms with Gasteiger partial charge in [-0.1, -0.05) is 26.3 Å². The minimum atomic E-state index is 0.334. The summed E-state index contributed by atoms with van der Waals surface area (Å²) in [7, 11) is 0. The van der Waals surface area contributed by atoms with Crippen LogP contribution in [0.5, 0.6) is 0 Å². The first kappa shape index (κ1) is 13.2. The molecule has 1 aromatic rings. The maximum atomic E-state index is 4.37. The molecule has 16 heavy (non-hydrogen) atoms. The van der Waals surface area contributed by atoms with Crippen LogP contribution in [0.15, 0.2) is 24.4 Å². The Bertz CT molecular complexity index is 284. The average molecular weight is 220 g/mol. The normalized spacial score (nSPS) is 16.8. The smallest absolute Gasteiger partial charge is 0.0570 e. The molecule has 0 aliphatic carbocycles. The Morgan fingerprint density at radius 3 is 2.56 bits per heavy atom. The van der Waals surface area contributed by atoms with Crippen molar-refractivity contribution in [3.63, 3.8) is 0 Å². The Labute approximate surface area is 99.5 Å². The molecule has 2 nitrogen and oxygen atoms in total. The van der Waals surface area contributed by atoms with Crippen LogP contribution in [0.4, 0.5) is 0 Å². The van der Waals surface area contributed by atoms with Crippen molar-refractivity contribution in [2.24, 2.45) is 5.92 Å². The van der Waals surface area contributed by atoms with Gasteiger partial charge in [0, 0.05) is 18.3 Å². The molecule has 3 unspecified atom stereocenters. The first-order valence-electron chi connectivity index (χ1n) is 6.30. The summed E-state index contributed by atoms with van der Waals surface area (Å²) >= 11 is 0. The van der Waals surface area contributed by atoms with E-state index < -0.39 is 0 Å². The van der Waals surface area contributed by atoms with Gasteiger partial charge >= 0.3 is 0 Å². The molecule has 90 valence electrons. The summed E-state index contributed by atoms with van der Waals surface area (Å²) in [5, 5.41) is 3.60. The van der Waals surface area contributed by atoms with E-state index in [0.29, 0.717) is 12.1 Å². The van der Waals surface area contributed by atoms with Gasteiger partial charge in [0.25, 0.3) is 0 Å². The summed E-state index contributed by atoms with van der Waals surface area (Å²) < 4.78 is 0. The van der Waals surface area contributed by atoms with Gasteiger partial charge in [0.15, 0.2) is 0 Å². The largest absolute Gasteiger partial charge is 0.306 e. The Morgan fingerprint density at radius 1 is 1.25 bits per heavy atom. The zero-order valence-electron chi connectivity index (χ0n) is 10.9. The number of hydrogen-bond acceptors (Lipinski definition) is 2. The molecule has 0 aromatic carbocycles. The number of aromatic nitrogens is 1. The number of nitrogens with zero attached hydrogens (tertiary/aromatic N) is 1. The molecule has 0 spiro atoms. The molecule has 1 N–H and O–H groups in total. The van der Waals surface area contributed by atoms with Crippen molar-refractivity contribution in [3.05, 3.63) is 30.1 Å². The minimum absolute atomic E-state index is 0.334. The zero-order valence-corrected chi connectivity index (χ0v) is 10.9. The highest BCUT2D eigenvalue weighted by Crippen LogP contribution is 2.14.